The molecular formula is C17H24N2O3. The minimum Gasteiger partial charge on any atom is -0.490 e. The topological polar surface area (TPSA) is 64.4 Å². The standard InChI is InChI=1S/C17H24N2O3/c20-19(21)17-11-10-15(22-14-8-4-5-9-14)12-16(17)18-13-6-2-1-3-7-13/h10-14,18H,1-9H2. The largest absolute Gasteiger partial charge is 0.490 e. The summed E-state index contributed by atoms with van der Waals surface area (Å²) in [7, 11) is 0. The summed E-state index contributed by atoms with van der Waals surface area (Å²) >= 11 is 0. The van der Waals surface area contributed by atoms with Crippen LogP contribution in [0.3, 0.4) is 0 Å². The van der Waals surface area contributed by atoms with Gasteiger partial charge < -0.3 is 10.1 Å². The van der Waals surface area contributed by atoms with E-state index in [4.69, 9.17) is 4.74 Å². The van der Waals surface area contributed by atoms with E-state index in [1.54, 1.807) is 12.1 Å². The molecular weight excluding hydrogens is 280 g/mol. The van der Waals surface area contributed by atoms with Gasteiger partial charge in [0.2, 0.25) is 0 Å². The molecule has 1 aromatic rings. The van der Waals surface area contributed by atoms with E-state index in [9.17, 15) is 10.1 Å². The van der Waals surface area contributed by atoms with E-state index in [0.717, 1.165) is 31.4 Å². The molecule has 0 unspecified atom stereocenters. The third kappa shape index (κ3) is 3.70. The van der Waals surface area contributed by atoms with Crippen molar-refractivity contribution in [2.45, 2.75) is 69.9 Å². The van der Waals surface area contributed by atoms with Gasteiger partial charge in [-0.05, 0) is 44.6 Å². The Balaban J connectivity index is 1.75. The van der Waals surface area contributed by atoms with E-state index in [0.29, 0.717) is 11.7 Å². The van der Waals surface area contributed by atoms with Gasteiger partial charge in [-0.3, -0.25) is 10.1 Å². The van der Waals surface area contributed by atoms with Crippen molar-refractivity contribution >= 4 is 11.4 Å². The second-order valence-electron chi connectivity index (χ2n) is 6.44. The number of nitrogens with one attached hydrogen (secondary N) is 1. The van der Waals surface area contributed by atoms with E-state index in [-0.39, 0.29) is 16.7 Å². The molecule has 0 bridgehead atoms. The van der Waals surface area contributed by atoms with Crippen molar-refractivity contribution in [2.24, 2.45) is 0 Å². The molecule has 0 heterocycles. The molecule has 1 N–H and O–H groups in total. The Kier molecular flexibility index (Phi) is 4.80. The summed E-state index contributed by atoms with van der Waals surface area (Å²) in [5.41, 5.74) is 0.747. The molecule has 2 fully saturated rings. The van der Waals surface area contributed by atoms with Crippen molar-refractivity contribution in [3.63, 3.8) is 0 Å². The lowest BCUT2D eigenvalue weighted by atomic mass is 9.95. The van der Waals surface area contributed by atoms with E-state index in [2.05, 4.69) is 5.32 Å². The number of ether oxygens (including phenoxy) is 1. The highest BCUT2D eigenvalue weighted by molar-refractivity contribution is 5.64. The molecule has 0 atom stereocenters. The molecule has 5 heteroatoms. The van der Waals surface area contributed by atoms with Gasteiger partial charge in [0.05, 0.1) is 11.0 Å². The zero-order valence-corrected chi connectivity index (χ0v) is 12.9. The highest BCUT2D eigenvalue weighted by Crippen LogP contribution is 2.33. The van der Waals surface area contributed by atoms with Crippen molar-refractivity contribution in [1.29, 1.82) is 0 Å². The molecule has 2 saturated carbocycles. The molecule has 2 aliphatic carbocycles. The van der Waals surface area contributed by atoms with Crippen LogP contribution in [0.25, 0.3) is 0 Å². The van der Waals surface area contributed by atoms with Crippen LogP contribution in [0.4, 0.5) is 11.4 Å². The zero-order chi connectivity index (χ0) is 15.4. The summed E-state index contributed by atoms with van der Waals surface area (Å²) in [5, 5.41) is 14.6. The minimum atomic E-state index is -0.315. The first kappa shape index (κ1) is 15.1. The lowest BCUT2D eigenvalue weighted by molar-refractivity contribution is -0.384. The molecule has 0 aliphatic heterocycles. The summed E-state index contributed by atoms with van der Waals surface area (Å²) in [6, 6.07) is 5.44. The molecule has 120 valence electrons. The number of nitro benzene ring substituents is 1. The predicted molar refractivity (Wildman–Crippen MR) is 86.5 cm³/mol. The average Bonchev–Trinajstić information content (AvgIpc) is 3.01. The first-order valence-corrected chi connectivity index (χ1v) is 8.44. The van der Waals surface area contributed by atoms with Gasteiger partial charge in [-0.2, -0.15) is 0 Å². The fraction of sp³-hybridized carbons (Fsp3) is 0.647. The number of hydrogen-bond acceptors (Lipinski definition) is 4. The molecule has 1 aromatic carbocycles. The fourth-order valence-corrected chi connectivity index (χ4v) is 3.53. The molecule has 22 heavy (non-hydrogen) atoms. The maximum absolute atomic E-state index is 11.2. The van der Waals surface area contributed by atoms with Gasteiger partial charge in [-0.25, -0.2) is 0 Å². The van der Waals surface area contributed by atoms with Crippen LogP contribution in [0.2, 0.25) is 0 Å². The highest BCUT2D eigenvalue weighted by Gasteiger charge is 2.21. The van der Waals surface area contributed by atoms with Gasteiger partial charge in [-0.15, -0.1) is 0 Å². The van der Waals surface area contributed by atoms with Gasteiger partial charge in [-0.1, -0.05) is 19.3 Å². The van der Waals surface area contributed by atoms with Gasteiger partial charge in [0.1, 0.15) is 11.4 Å². The Morgan fingerprint density at radius 1 is 1.05 bits per heavy atom. The molecule has 0 spiro atoms. The third-order valence-electron chi connectivity index (χ3n) is 4.73. The van der Waals surface area contributed by atoms with E-state index >= 15 is 0 Å². The minimum absolute atomic E-state index is 0.143. The lowest BCUT2D eigenvalue weighted by Gasteiger charge is -2.24. The van der Waals surface area contributed by atoms with E-state index in [1.165, 1.54) is 32.1 Å². The van der Waals surface area contributed by atoms with Crippen molar-refractivity contribution in [1.82, 2.24) is 0 Å². The molecule has 0 aromatic heterocycles. The van der Waals surface area contributed by atoms with Crippen LogP contribution in [-0.2, 0) is 0 Å². The van der Waals surface area contributed by atoms with Crippen molar-refractivity contribution < 1.29 is 9.66 Å². The summed E-state index contributed by atoms with van der Waals surface area (Å²) < 4.78 is 5.98. The first-order valence-electron chi connectivity index (χ1n) is 8.44. The first-order chi connectivity index (χ1) is 10.7. The van der Waals surface area contributed by atoms with Crippen molar-refractivity contribution in [3.05, 3.63) is 28.3 Å². The van der Waals surface area contributed by atoms with Gasteiger partial charge in [0.15, 0.2) is 0 Å². The SMILES string of the molecule is O=[N+]([O-])c1ccc(OC2CCCC2)cc1NC1CCCCC1. The highest BCUT2D eigenvalue weighted by atomic mass is 16.6. The Morgan fingerprint density at radius 2 is 1.73 bits per heavy atom. The van der Waals surface area contributed by atoms with Crippen LogP contribution in [-0.4, -0.2) is 17.1 Å². The van der Waals surface area contributed by atoms with E-state index in [1.807, 2.05) is 6.07 Å². The Labute approximate surface area is 131 Å². The van der Waals surface area contributed by atoms with Crippen molar-refractivity contribution in [3.8, 4) is 5.75 Å². The van der Waals surface area contributed by atoms with Crippen LogP contribution >= 0.6 is 0 Å². The lowest BCUT2D eigenvalue weighted by Crippen LogP contribution is -2.22. The Bertz CT molecular complexity index is 521. The smallest absolute Gasteiger partial charge is 0.292 e. The number of benzene rings is 1. The van der Waals surface area contributed by atoms with Crippen LogP contribution in [0.1, 0.15) is 57.8 Å². The third-order valence-corrected chi connectivity index (χ3v) is 4.73. The van der Waals surface area contributed by atoms with Crippen LogP contribution < -0.4 is 10.1 Å². The normalized spacial score (nSPS) is 20.0. The molecule has 0 radical (unpaired) electrons. The maximum Gasteiger partial charge on any atom is 0.292 e. The number of nitro groups is 1. The fourth-order valence-electron chi connectivity index (χ4n) is 3.53. The number of anilines is 1. The van der Waals surface area contributed by atoms with E-state index < -0.39 is 0 Å². The quantitative estimate of drug-likeness (QED) is 0.634. The van der Waals surface area contributed by atoms with Crippen LogP contribution in [0, 0.1) is 10.1 Å². The number of hydrogen-bond donors (Lipinski definition) is 1. The Hall–Kier alpha value is -1.78. The Morgan fingerprint density at radius 3 is 2.41 bits per heavy atom. The summed E-state index contributed by atoms with van der Waals surface area (Å²) in [5.74, 6) is 0.746. The molecule has 3 rings (SSSR count). The molecule has 0 amide bonds. The average molecular weight is 304 g/mol. The second kappa shape index (κ2) is 6.99. The molecule has 5 nitrogen and oxygen atoms in total. The van der Waals surface area contributed by atoms with Gasteiger partial charge in [0, 0.05) is 18.2 Å². The maximum atomic E-state index is 11.2. The predicted octanol–water partition coefficient (Wildman–Crippen LogP) is 4.66. The van der Waals surface area contributed by atoms with Gasteiger partial charge >= 0.3 is 0 Å². The molecule has 0 saturated heterocycles. The molecule has 2 aliphatic rings. The summed E-state index contributed by atoms with van der Waals surface area (Å²) in [6.07, 6.45) is 10.7. The van der Waals surface area contributed by atoms with Crippen molar-refractivity contribution in [2.75, 3.05) is 5.32 Å². The zero-order valence-electron chi connectivity index (χ0n) is 12.9. The monoisotopic (exact) mass is 304 g/mol. The summed E-state index contributed by atoms with van der Waals surface area (Å²) in [4.78, 5) is 10.9. The number of nitrogens with zero attached hydrogens (tertiary/aromatic N) is 1. The van der Waals surface area contributed by atoms with Crippen LogP contribution in [0.15, 0.2) is 18.2 Å². The number of rotatable bonds is 5. The van der Waals surface area contributed by atoms with Gasteiger partial charge in [0.25, 0.3) is 5.69 Å². The second-order valence-corrected chi connectivity index (χ2v) is 6.44. The summed E-state index contributed by atoms with van der Waals surface area (Å²) in [6.45, 7) is 0. The van der Waals surface area contributed by atoms with Crippen LogP contribution in [0.5, 0.6) is 5.75 Å².